The molecule has 4 heteroatoms. The van der Waals surface area contributed by atoms with Gasteiger partial charge in [0.1, 0.15) is 0 Å². The molecule has 0 fully saturated rings. The second-order valence-corrected chi connectivity index (χ2v) is 4.59. The number of thioether (sulfide) groups is 1. The summed E-state index contributed by atoms with van der Waals surface area (Å²) >= 11 is 1.15. The molecule has 17 heavy (non-hydrogen) atoms. The lowest BCUT2D eigenvalue weighted by Crippen LogP contribution is -2.04. The number of carbonyl (C=O) groups excluding carboxylic acids is 2. The van der Waals surface area contributed by atoms with Crippen LogP contribution in [0, 0.1) is 0 Å². The molecule has 0 bridgehead atoms. The van der Waals surface area contributed by atoms with E-state index in [0.29, 0.717) is 12.0 Å². The second-order valence-electron chi connectivity index (χ2n) is 3.34. The number of carbonyl (C=O) groups is 2. The molecule has 0 atom stereocenters. The lowest BCUT2D eigenvalue weighted by molar-refractivity contribution is -0.109. The third kappa shape index (κ3) is 3.75. The van der Waals surface area contributed by atoms with E-state index in [0.717, 1.165) is 28.5 Å². The molecular weight excluding hydrogens is 236 g/mol. The molecule has 0 radical (unpaired) electrons. The Morgan fingerprint density at radius 3 is 2.71 bits per heavy atom. The molecule has 3 nitrogen and oxygen atoms in total. The van der Waals surface area contributed by atoms with E-state index in [2.05, 4.69) is 6.58 Å². The Morgan fingerprint density at radius 2 is 2.18 bits per heavy atom. The number of aryl methyl sites for hydroxylation is 1. The molecule has 0 aliphatic heterocycles. The summed E-state index contributed by atoms with van der Waals surface area (Å²) in [5.74, 6) is -0.420. The first-order valence-electron chi connectivity index (χ1n) is 5.21. The van der Waals surface area contributed by atoms with Gasteiger partial charge in [-0.25, -0.2) is 4.79 Å². The van der Waals surface area contributed by atoms with Gasteiger partial charge in [-0.05, 0) is 30.2 Å². The summed E-state index contributed by atoms with van der Waals surface area (Å²) in [7, 11) is 0. The van der Waals surface area contributed by atoms with Gasteiger partial charge in [0, 0.05) is 11.8 Å². The van der Waals surface area contributed by atoms with E-state index in [4.69, 9.17) is 4.74 Å². The van der Waals surface area contributed by atoms with Crippen molar-refractivity contribution in [3.63, 3.8) is 0 Å². The minimum atomic E-state index is -0.420. The molecule has 90 valence electrons. The molecule has 0 unspecified atom stereocenters. The molecular formula is C13H14O3S. The van der Waals surface area contributed by atoms with Crippen LogP contribution in [0.2, 0.25) is 0 Å². The van der Waals surface area contributed by atoms with Crippen LogP contribution in [0.15, 0.2) is 35.9 Å². The second kappa shape index (κ2) is 6.25. The third-order valence-corrected chi connectivity index (χ3v) is 2.91. The van der Waals surface area contributed by atoms with Crippen LogP contribution in [0.1, 0.15) is 29.8 Å². The van der Waals surface area contributed by atoms with Crippen LogP contribution in [-0.4, -0.2) is 11.1 Å². The van der Waals surface area contributed by atoms with Crippen molar-refractivity contribution in [3.8, 4) is 0 Å². The van der Waals surface area contributed by atoms with E-state index in [1.165, 1.54) is 6.92 Å². The summed E-state index contributed by atoms with van der Waals surface area (Å²) in [4.78, 5) is 23.4. The zero-order chi connectivity index (χ0) is 12.8. The largest absolute Gasteiger partial charge is 0.432 e. The topological polar surface area (TPSA) is 43.4 Å². The fraction of sp³-hybridized carbons (Fsp3) is 0.231. The lowest BCUT2D eigenvalue weighted by atomic mass is 10.1. The smallest absolute Gasteiger partial charge is 0.343 e. The summed E-state index contributed by atoms with van der Waals surface area (Å²) < 4.78 is 4.74. The van der Waals surface area contributed by atoms with Crippen LogP contribution in [-0.2, 0) is 16.0 Å². The highest BCUT2D eigenvalue weighted by Gasteiger charge is 2.12. The average Bonchev–Trinajstić information content (AvgIpc) is 2.28. The fourth-order valence-electron chi connectivity index (χ4n) is 1.43. The maximum Gasteiger partial charge on any atom is 0.343 e. The van der Waals surface area contributed by atoms with Crippen molar-refractivity contribution < 1.29 is 14.3 Å². The monoisotopic (exact) mass is 250 g/mol. The van der Waals surface area contributed by atoms with Crippen LogP contribution in [0.25, 0.3) is 0 Å². The summed E-state index contributed by atoms with van der Waals surface area (Å²) in [6.45, 7) is 6.80. The van der Waals surface area contributed by atoms with E-state index in [-0.39, 0.29) is 5.12 Å². The highest BCUT2D eigenvalue weighted by Crippen LogP contribution is 2.23. The molecule has 0 heterocycles. The van der Waals surface area contributed by atoms with Crippen LogP contribution >= 0.6 is 11.8 Å². The zero-order valence-electron chi connectivity index (χ0n) is 9.86. The predicted molar refractivity (Wildman–Crippen MR) is 68.0 cm³/mol. The molecule has 0 saturated heterocycles. The normalized spacial score (nSPS) is 9.76. The van der Waals surface area contributed by atoms with Crippen LogP contribution < -0.4 is 0 Å². The first kappa shape index (κ1) is 13.5. The Labute approximate surface area is 105 Å². The SMILES string of the molecule is C=COC(=O)c1ccc(SC(C)=O)cc1CC. The quantitative estimate of drug-likeness (QED) is 0.467. The molecule has 0 spiro atoms. The Morgan fingerprint density at radius 1 is 1.47 bits per heavy atom. The van der Waals surface area contributed by atoms with Gasteiger partial charge in [-0.15, -0.1) is 0 Å². The van der Waals surface area contributed by atoms with Crippen LogP contribution in [0.5, 0.6) is 0 Å². The van der Waals surface area contributed by atoms with Crippen molar-refractivity contribution >= 4 is 22.8 Å². The van der Waals surface area contributed by atoms with E-state index in [9.17, 15) is 9.59 Å². The fourth-order valence-corrected chi connectivity index (χ4v) is 2.10. The van der Waals surface area contributed by atoms with Crippen molar-refractivity contribution in [3.05, 3.63) is 42.2 Å². The summed E-state index contributed by atoms with van der Waals surface area (Å²) in [6, 6.07) is 5.26. The summed E-state index contributed by atoms with van der Waals surface area (Å²) in [5.41, 5.74) is 1.38. The standard InChI is InChI=1S/C13H14O3S/c1-4-10-8-11(17-9(3)14)6-7-12(10)13(15)16-5-2/h5-8H,2,4H2,1,3H3. The van der Waals surface area contributed by atoms with Gasteiger partial charge in [0.05, 0.1) is 11.8 Å². The van der Waals surface area contributed by atoms with Crippen molar-refractivity contribution in [2.24, 2.45) is 0 Å². The molecule has 0 saturated carbocycles. The van der Waals surface area contributed by atoms with Crippen molar-refractivity contribution in [2.75, 3.05) is 0 Å². The van der Waals surface area contributed by atoms with E-state index in [1.54, 1.807) is 12.1 Å². The number of rotatable bonds is 4. The van der Waals surface area contributed by atoms with Gasteiger partial charge >= 0.3 is 5.97 Å². The molecule has 0 N–H and O–H groups in total. The summed E-state index contributed by atoms with van der Waals surface area (Å²) in [5, 5.41) is 0.0217. The first-order valence-corrected chi connectivity index (χ1v) is 6.03. The minimum absolute atomic E-state index is 0.0217. The van der Waals surface area contributed by atoms with E-state index < -0.39 is 5.97 Å². The van der Waals surface area contributed by atoms with Crippen LogP contribution in [0.4, 0.5) is 0 Å². The molecule has 0 amide bonds. The van der Waals surface area contributed by atoms with Crippen molar-refractivity contribution in [1.29, 1.82) is 0 Å². The lowest BCUT2D eigenvalue weighted by Gasteiger charge is -2.07. The predicted octanol–water partition coefficient (Wildman–Crippen LogP) is 3.19. The van der Waals surface area contributed by atoms with Crippen molar-refractivity contribution in [2.45, 2.75) is 25.2 Å². The van der Waals surface area contributed by atoms with E-state index >= 15 is 0 Å². The van der Waals surface area contributed by atoms with Gasteiger partial charge < -0.3 is 4.74 Å². The highest BCUT2D eigenvalue weighted by molar-refractivity contribution is 8.13. The highest BCUT2D eigenvalue weighted by atomic mass is 32.2. The number of benzene rings is 1. The van der Waals surface area contributed by atoms with E-state index in [1.807, 2.05) is 13.0 Å². The van der Waals surface area contributed by atoms with Gasteiger partial charge in [0.15, 0.2) is 5.12 Å². The Hall–Kier alpha value is -1.55. The zero-order valence-corrected chi connectivity index (χ0v) is 10.7. The number of hydrogen-bond donors (Lipinski definition) is 0. The first-order chi connectivity index (χ1) is 8.08. The maximum absolute atomic E-state index is 11.6. The Balaban J connectivity index is 3.04. The van der Waals surface area contributed by atoms with Gasteiger partial charge in [-0.1, -0.05) is 25.3 Å². The van der Waals surface area contributed by atoms with Gasteiger partial charge in [0.25, 0.3) is 0 Å². The minimum Gasteiger partial charge on any atom is -0.432 e. The molecule has 1 aromatic rings. The van der Waals surface area contributed by atoms with Gasteiger partial charge in [-0.3, -0.25) is 4.79 Å². The summed E-state index contributed by atoms with van der Waals surface area (Å²) in [6.07, 6.45) is 1.81. The maximum atomic E-state index is 11.6. The number of esters is 1. The number of ether oxygens (including phenoxy) is 1. The molecule has 0 aromatic heterocycles. The molecule has 1 aromatic carbocycles. The third-order valence-electron chi connectivity index (χ3n) is 2.13. The van der Waals surface area contributed by atoms with Gasteiger partial charge in [0.2, 0.25) is 0 Å². The molecule has 0 aliphatic carbocycles. The molecule has 0 aliphatic rings. The Bertz CT molecular complexity index is 452. The number of hydrogen-bond acceptors (Lipinski definition) is 4. The van der Waals surface area contributed by atoms with Crippen LogP contribution in [0.3, 0.4) is 0 Å². The van der Waals surface area contributed by atoms with Gasteiger partial charge in [-0.2, -0.15) is 0 Å². The average molecular weight is 250 g/mol. The Kier molecular flexibility index (Phi) is 4.97. The molecule has 1 rings (SSSR count). The van der Waals surface area contributed by atoms with Crippen molar-refractivity contribution in [1.82, 2.24) is 0 Å².